The second kappa shape index (κ2) is 8.56. The van der Waals surface area contributed by atoms with Crippen LogP contribution in [0.5, 0.6) is 5.75 Å². The Hall–Kier alpha value is -1.05. The Morgan fingerprint density at radius 3 is 2.32 bits per heavy atom. The zero-order chi connectivity index (χ0) is 18.6. The lowest BCUT2D eigenvalue weighted by Crippen LogP contribution is -2.30. The minimum Gasteiger partial charge on any atom is -0.493 e. The van der Waals surface area contributed by atoms with Crippen LogP contribution < -0.4 is 4.74 Å². The number of hydrogen-bond acceptors (Lipinski definition) is 1. The molecule has 1 aliphatic carbocycles. The normalized spacial score (nSPS) is 22.9. The van der Waals surface area contributed by atoms with E-state index >= 15 is 0 Å². The second-order valence-electron chi connectivity index (χ2n) is 9.44. The van der Waals surface area contributed by atoms with Crippen LogP contribution in [0, 0.1) is 29.0 Å². The van der Waals surface area contributed by atoms with Crippen LogP contribution in [0.1, 0.15) is 85.1 Å². The zero-order valence-corrected chi connectivity index (χ0v) is 17.1. The van der Waals surface area contributed by atoms with Gasteiger partial charge in [0.2, 0.25) is 0 Å². The number of ether oxygens (including phenoxy) is 1. The molecule has 1 aromatic rings. The number of halogens is 1. The van der Waals surface area contributed by atoms with Crippen molar-refractivity contribution in [3.63, 3.8) is 0 Å². The smallest absolute Gasteiger partial charge is 0.127 e. The summed E-state index contributed by atoms with van der Waals surface area (Å²) in [6.07, 6.45) is 6.64. The van der Waals surface area contributed by atoms with Crippen molar-refractivity contribution >= 4 is 0 Å². The average molecular weight is 349 g/mol. The lowest BCUT2D eigenvalue weighted by atomic mass is 9.66. The Balaban J connectivity index is 1.88. The summed E-state index contributed by atoms with van der Waals surface area (Å²) >= 11 is 0. The largest absolute Gasteiger partial charge is 0.493 e. The van der Waals surface area contributed by atoms with Crippen molar-refractivity contribution in [1.29, 1.82) is 0 Å². The quantitative estimate of drug-likeness (QED) is 0.506. The monoisotopic (exact) mass is 348 g/mol. The van der Waals surface area contributed by atoms with E-state index in [1.165, 1.54) is 38.2 Å². The van der Waals surface area contributed by atoms with Gasteiger partial charge in [-0.15, -0.1) is 0 Å². The van der Waals surface area contributed by atoms with E-state index in [2.05, 4.69) is 41.5 Å². The first kappa shape index (κ1) is 20.3. The van der Waals surface area contributed by atoms with Gasteiger partial charge in [0.25, 0.3) is 0 Å². The van der Waals surface area contributed by atoms with Crippen molar-refractivity contribution in [1.82, 2.24) is 0 Å². The maximum Gasteiger partial charge on any atom is 0.127 e. The van der Waals surface area contributed by atoms with Crippen molar-refractivity contribution in [2.45, 2.75) is 79.6 Å². The van der Waals surface area contributed by atoms with E-state index in [0.717, 1.165) is 17.4 Å². The predicted molar refractivity (Wildman–Crippen MR) is 105 cm³/mol. The summed E-state index contributed by atoms with van der Waals surface area (Å²) in [6, 6.07) is 5.09. The summed E-state index contributed by atoms with van der Waals surface area (Å²) in [7, 11) is 0. The molecule has 142 valence electrons. The van der Waals surface area contributed by atoms with Gasteiger partial charge in [0.1, 0.15) is 11.6 Å². The molecule has 2 heteroatoms. The summed E-state index contributed by atoms with van der Waals surface area (Å²) in [4.78, 5) is 0. The molecule has 1 atom stereocenters. The van der Waals surface area contributed by atoms with Gasteiger partial charge in [0.15, 0.2) is 0 Å². The minimum atomic E-state index is -0.203. The first-order valence-corrected chi connectivity index (χ1v) is 10.1. The topological polar surface area (TPSA) is 9.23 Å². The van der Waals surface area contributed by atoms with Crippen LogP contribution in [0.3, 0.4) is 0 Å². The van der Waals surface area contributed by atoms with Crippen LogP contribution in [0.15, 0.2) is 18.2 Å². The van der Waals surface area contributed by atoms with Crippen LogP contribution in [0.25, 0.3) is 0 Å². The lowest BCUT2D eigenvalue weighted by molar-refractivity contribution is 0.0962. The summed E-state index contributed by atoms with van der Waals surface area (Å²) in [5.74, 6) is 2.97. The molecule has 0 saturated heterocycles. The molecule has 1 aromatic carbocycles. The van der Waals surface area contributed by atoms with E-state index in [1.54, 1.807) is 6.07 Å². The van der Waals surface area contributed by atoms with Gasteiger partial charge < -0.3 is 4.74 Å². The SMILES string of the molecule is CC1CCC(C(C)(C)CC(C)COc2cc(F)cc(C(C)C)c2)CC1. The van der Waals surface area contributed by atoms with Crippen LogP contribution in [-0.2, 0) is 0 Å². The molecule has 2 rings (SSSR count). The Morgan fingerprint density at radius 2 is 1.72 bits per heavy atom. The summed E-state index contributed by atoms with van der Waals surface area (Å²) in [5, 5.41) is 0. The lowest BCUT2D eigenvalue weighted by Gasteiger charge is -2.40. The fraction of sp³-hybridized carbons (Fsp3) is 0.739. The van der Waals surface area contributed by atoms with Gasteiger partial charge in [0, 0.05) is 6.07 Å². The first-order valence-electron chi connectivity index (χ1n) is 10.1. The molecule has 0 aromatic heterocycles. The molecule has 0 radical (unpaired) electrons. The highest BCUT2D eigenvalue weighted by atomic mass is 19.1. The zero-order valence-electron chi connectivity index (χ0n) is 17.1. The van der Waals surface area contributed by atoms with E-state index in [9.17, 15) is 4.39 Å². The van der Waals surface area contributed by atoms with Crippen LogP contribution >= 0.6 is 0 Å². The molecule has 0 aliphatic heterocycles. The maximum atomic E-state index is 13.8. The maximum absolute atomic E-state index is 13.8. The summed E-state index contributed by atoms with van der Waals surface area (Å²) in [5.41, 5.74) is 1.35. The molecule has 0 amide bonds. The highest BCUT2D eigenvalue weighted by molar-refractivity contribution is 5.31. The Kier molecular flexibility index (Phi) is 6.93. The first-order chi connectivity index (χ1) is 11.7. The molecule has 0 bridgehead atoms. The van der Waals surface area contributed by atoms with Gasteiger partial charge in [-0.25, -0.2) is 4.39 Å². The van der Waals surface area contributed by atoms with Crippen molar-refractivity contribution in [3.05, 3.63) is 29.6 Å². The molecule has 0 N–H and O–H groups in total. The predicted octanol–water partition coefficient (Wildman–Crippen LogP) is 7.21. The Labute approximate surface area is 154 Å². The van der Waals surface area contributed by atoms with Crippen molar-refractivity contribution in [2.24, 2.45) is 23.2 Å². The third-order valence-corrected chi connectivity index (χ3v) is 6.09. The average Bonchev–Trinajstić information content (AvgIpc) is 2.52. The van der Waals surface area contributed by atoms with E-state index in [0.29, 0.717) is 29.6 Å². The second-order valence-corrected chi connectivity index (χ2v) is 9.44. The van der Waals surface area contributed by atoms with Gasteiger partial charge in [0.05, 0.1) is 6.61 Å². The minimum absolute atomic E-state index is 0.203. The molecular formula is C23H37FO. The van der Waals surface area contributed by atoms with Crippen molar-refractivity contribution in [3.8, 4) is 5.75 Å². The number of benzene rings is 1. The standard InChI is InChI=1S/C23H37FO/c1-16(2)19-11-21(24)13-22(12-19)25-15-18(4)14-23(5,6)20-9-7-17(3)8-10-20/h11-13,16-18,20H,7-10,14-15H2,1-6H3. The van der Waals surface area contributed by atoms with Crippen molar-refractivity contribution < 1.29 is 9.13 Å². The van der Waals surface area contributed by atoms with Crippen LogP contribution in [-0.4, -0.2) is 6.61 Å². The molecule has 1 saturated carbocycles. The fourth-order valence-electron chi connectivity index (χ4n) is 4.40. The van der Waals surface area contributed by atoms with Gasteiger partial charge in [-0.05, 0) is 66.0 Å². The molecule has 0 heterocycles. The van der Waals surface area contributed by atoms with E-state index < -0.39 is 0 Å². The highest BCUT2D eigenvalue weighted by Crippen LogP contribution is 2.43. The number of hydrogen-bond donors (Lipinski definition) is 0. The third kappa shape index (κ3) is 6.01. The summed E-state index contributed by atoms with van der Waals surface area (Å²) in [6.45, 7) is 14.3. The Bertz CT molecular complexity index is 541. The molecule has 0 spiro atoms. The fourth-order valence-corrected chi connectivity index (χ4v) is 4.40. The molecular weight excluding hydrogens is 311 g/mol. The van der Waals surface area contributed by atoms with Crippen LogP contribution in [0.4, 0.5) is 4.39 Å². The Morgan fingerprint density at radius 1 is 1.08 bits per heavy atom. The van der Waals surface area contributed by atoms with Gasteiger partial charge in [-0.1, -0.05) is 54.4 Å². The molecule has 1 fully saturated rings. The van der Waals surface area contributed by atoms with E-state index in [1.807, 2.05) is 6.07 Å². The third-order valence-electron chi connectivity index (χ3n) is 6.09. The van der Waals surface area contributed by atoms with Crippen molar-refractivity contribution in [2.75, 3.05) is 6.61 Å². The molecule has 1 unspecified atom stereocenters. The van der Waals surface area contributed by atoms with Gasteiger partial charge in [-0.3, -0.25) is 0 Å². The number of rotatable bonds is 7. The van der Waals surface area contributed by atoms with E-state index in [4.69, 9.17) is 4.74 Å². The van der Waals surface area contributed by atoms with Crippen LogP contribution in [0.2, 0.25) is 0 Å². The highest BCUT2D eigenvalue weighted by Gasteiger charge is 2.33. The summed E-state index contributed by atoms with van der Waals surface area (Å²) < 4.78 is 19.7. The van der Waals surface area contributed by atoms with E-state index in [-0.39, 0.29) is 5.82 Å². The van der Waals surface area contributed by atoms with Gasteiger partial charge >= 0.3 is 0 Å². The van der Waals surface area contributed by atoms with Gasteiger partial charge in [-0.2, -0.15) is 0 Å². The molecule has 1 aliphatic rings. The molecule has 25 heavy (non-hydrogen) atoms. The molecule has 1 nitrogen and oxygen atoms in total.